The maximum Gasteiger partial charge on any atom is 0.249 e. The van der Waals surface area contributed by atoms with Gasteiger partial charge in [-0.1, -0.05) is 60.8 Å². The minimum Gasteiger partial charge on any atom is -0.395 e. The predicted octanol–water partition coefficient (Wildman–Crippen LogP) is 3.91. The van der Waals surface area contributed by atoms with E-state index in [1.54, 1.807) is 29.2 Å². The highest BCUT2D eigenvalue weighted by Crippen LogP contribution is 2.42. The highest BCUT2D eigenvalue weighted by Gasteiger charge is 2.43. The molecule has 2 aromatic rings. The maximum absolute atomic E-state index is 13.1. The summed E-state index contributed by atoms with van der Waals surface area (Å²) in [6.07, 6.45) is 0.711. The zero-order chi connectivity index (χ0) is 22.4. The number of aliphatic hydroxyl groups is 1. The van der Waals surface area contributed by atoms with Gasteiger partial charge in [0.2, 0.25) is 11.8 Å². The number of benzene rings is 2. The molecule has 3 rings (SSSR count). The molecule has 1 heterocycles. The van der Waals surface area contributed by atoms with E-state index >= 15 is 0 Å². The van der Waals surface area contributed by atoms with E-state index in [0.29, 0.717) is 22.9 Å². The van der Waals surface area contributed by atoms with Crippen molar-refractivity contribution in [3.63, 3.8) is 0 Å². The number of ether oxygens (including phenoxy) is 1. The number of amides is 2. The van der Waals surface area contributed by atoms with Crippen LogP contribution in [0.2, 0.25) is 10.0 Å². The fourth-order valence-electron chi connectivity index (χ4n) is 3.89. The Labute approximate surface area is 192 Å². The molecule has 166 valence electrons. The molecule has 1 fully saturated rings. The van der Waals surface area contributed by atoms with Crippen LogP contribution in [0.4, 0.5) is 0 Å². The maximum atomic E-state index is 13.1. The van der Waals surface area contributed by atoms with Gasteiger partial charge in [-0.05, 0) is 41.8 Å². The van der Waals surface area contributed by atoms with Crippen molar-refractivity contribution in [3.05, 3.63) is 69.7 Å². The molecular formula is C23H26Cl2N2O4. The van der Waals surface area contributed by atoms with E-state index in [2.05, 4.69) is 5.32 Å². The van der Waals surface area contributed by atoms with Crippen LogP contribution in [0.5, 0.6) is 0 Å². The normalized spacial score (nSPS) is 19.9. The topological polar surface area (TPSA) is 78.9 Å². The molecule has 31 heavy (non-hydrogen) atoms. The first-order valence-corrected chi connectivity index (χ1v) is 11.0. The summed E-state index contributed by atoms with van der Waals surface area (Å²) in [5, 5.41) is 13.0. The van der Waals surface area contributed by atoms with Crippen LogP contribution >= 0.6 is 23.2 Å². The van der Waals surface area contributed by atoms with Gasteiger partial charge >= 0.3 is 0 Å². The number of carbonyl (C=O) groups excluding carboxylic acids is 2. The van der Waals surface area contributed by atoms with Gasteiger partial charge in [0.15, 0.2) is 0 Å². The monoisotopic (exact) mass is 464 g/mol. The lowest BCUT2D eigenvalue weighted by molar-refractivity contribution is -0.167. The van der Waals surface area contributed by atoms with Crippen molar-refractivity contribution < 1.29 is 19.4 Å². The number of nitrogens with zero attached hydrogens (tertiary/aromatic N) is 1. The molecule has 0 aliphatic carbocycles. The number of halogens is 2. The lowest BCUT2D eigenvalue weighted by Gasteiger charge is -2.45. The summed E-state index contributed by atoms with van der Waals surface area (Å²) < 4.78 is 5.99. The first-order chi connectivity index (χ1) is 15.0. The molecule has 6 nitrogen and oxygen atoms in total. The fraction of sp³-hybridized carbons (Fsp3) is 0.391. The van der Waals surface area contributed by atoms with Gasteiger partial charge in [-0.3, -0.25) is 9.59 Å². The molecule has 2 N–H and O–H groups in total. The lowest BCUT2D eigenvalue weighted by atomic mass is 9.90. The van der Waals surface area contributed by atoms with E-state index in [4.69, 9.17) is 33.0 Å². The number of carbonyl (C=O) groups is 2. The summed E-state index contributed by atoms with van der Waals surface area (Å²) >= 11 is 12.2. The molecule has 2 amide bonds. The van der Waals surface area contributed by atoms with Crippen molar-refractivity contribution in [1.82, 2.24) is 10.2 Å². The van der Waals surface area contributed by atoms with Gasteiger partial charge in [0.05, 0.1) is 12.6 Å². The highest BCUT2D eigenvalue weighted by molar-refractivity contribution is 6.30. The van der Waals surface area contributed by atoms with Crippen molar-refractivity contribution in [2.24, 2.45) is 0 Å². The zero-order valence-corrected chi connectivity index (χ0v) is 18.8. The van der Waals surface area contributed by atoms with Crippen molar-refractivity contribution >= 4 is 35.0 Å². The van der Waals surface area contributed by atoms with Crippen molar-refractivity contribution in [2.75, 3.05) is 19.8 Å². The van der Waals surface area contributed by atoms with Crippen LogP contribution in [0.25, 0.3) is 0 Å². The van der Waals surface area contributed by atoms with E-state index in [9.17, 15) is 9.59 Å². The van der Waals surface area contributed by atoms with Crippen molar-refractivity contribution in [1.29, 1.82) is 0 Å². The average Bonchev–Trinajstić information content (AvgIpc) is 2.77. The first kappa shape index (κ1) is 23.5. The number of nitrogens with one attached hydrogen (secondary N) is 1. The van der Waals surface area contributed by atoms with E-state index in [1.807, 2.05) is 31.2 Å². The SMILES string of the molecule is CCCC(C(=O)NCCO)N1C(=O)CO[C@H](c2ccc(Cl)cc2)[C@@H]1c1ccc(Cl)cc1. The highest BCUT2D eigenvalue weighted by atomic mass is 35.5. The van der Waals surface area contributed by atoms with Crippen LogP contribution in [0, 0.1) is 0 Å². The molecule has 3 atom stereocenters. The van der Waals surface area contributed by atoms with Crippen LogP contribution < -0.4 is 5.32 Å². The number of hydrogen-bond acceptors (Lipinski definition) is 4. The van der Waals surface area contributed by atoms with Gasteiger partial charge in [-0.2, -0.15) is 0 Å². The van der Waals surface area contributed by atoms with Crippen molar-refractivity contribution in [3.8, 4) is 0 Å². The summed E-state index contributed by atoms with van der Waals surface area (Å²) in [6, 6.07) is 13.3. The van der Waals surface area contributed by atoms with Gasteiger partial charge in [0, 0.05) is 16.6 Å². The Morgan fingerprint density at radius 2 is 1.71 bits per heavy atom. The summed E-state index contributed by atoms with van der Waals surface area (Å²) in [5.74, 6) is -0.553. The van der Waals surface area contributed by atoms with E-state index < -0.39 is 18.2 Å². The molecule has 0 spiro atoms. The van der Waals surface area contributed by atoms with Gasteiger partial charge in [0.1, 0.15) is 18.8 Å². The number of morpholine rings is 1. The summed E-state index contributed by atoms with van der Waals surface area (Å²) in [7, 11) is 0. The van der Waals surface area contributed by atoms with Gasteiger partial charge in [-0.25, -0.2) is 0 Å². The molecule has 0 bridgehead atoms. The Morgan fingerprint density at radius 3 is 2.26 bits per heavy atom. The third kappa shape index (κ3) is 5.57. The number of hydrogen-bond donors (Lipinski definition) is 2. The van der Waals surface area contributed by atoms with Crippen LogP contribution in [-0.4, -0.2) is 47.6 Å². The van der Waals surface area contributed by atoms with Crippen LogP contribution in [0.15, 0.2) is 48.5 Å². The second-order valence-electron chi connectivity index (χ2n) is 7.40. The summed E-state index contributed by atoms with van der Waals surface area (Å²) in [6.45, 7) is 1.79. The third-order valence-electron chi connectivity index (χ3n) is 5.28. The Morgan fingerprint density at radius 1 is 1.13 bits per heavy atom. The van der Waals surface area contributed by atoms with Gasteiger partial charge in [-0.15, -0.1) is 0 Å². The number of aliphatic hydroxyl groups excluding tert-OH is 1. The molecule has 1 unspecified atom stereocenters. The van der Waals surface area contributed by atoms with Crippen LogP contribution in [-0.2, 0) is 14.3 Å². The van der Waals surface area contributed by atoms with Crippen LogP contribution in [0.1, 0.15) is 43.0 Å². The Balaban J connectivity index is 2.07. The number of rotatable bonds is 8. The minimum absolute atomic E-state index is 0.129. The molecule has 1 aliphatic heterocycles. The van der Waals surface area contributed by atoms with E-state index in [-0.39, 0.29) is 31.6 Å². The summed E-state index contributed by atoms with van der Waals surface area (Å²) in [5.41, 5.74) is 1.67. The first-order valence-electron chi connectivity index (χ1n) is 10.3. The second-order valence-corrected chi connectivity index (χ2v) is 8.27. The van der Waals surface area contributed by atoms with Crippen molar-refractivity contribution in [2.45, 2.75) is 38.0 Å². The van der Waals surface area contributed by atoms with E-state index in [1.165, 1.54) is 0 Å². The predicted molar refractivity (Wildman–Crippen MR) is 120 cm³/mol. The van der Waals surface area contributed by atoms with Gasteiger partial charge < -0.3 is 20.1 Å². The quantitative estimate of drug-likeness (QED) is 0.620. The van der Waals surface area contributed by atoms with Gasteiger partial charge in [0.25, 0.3) is 0 Å². The molecule has 0 saturated carbocycles. The smallest absolute Gasteiger partial charge is 0.249 e. The molecule has 8 heteroatoms. The Kier molecular flexibility index (Phi) is 8.32. The second kappa shape index (κ2) is 11.0. The molecule has 1 saturated heterocycles. The standard InChI is InChI=1S/C23H26Cl2N2O4/c1-2-3-19(23(30)26-12-13-28)27-20(29)14-31-22(16-6-10-18(25)11-7-16)21(27)15-4-8-17(24)9-5-15/h4-11,19,21-22,28H,2-3,12-14H2,1H3,(H,26,30)/t19?,21-,22+/m0/s1. The zero-order valence-electron chi connectivity index (χ0n) is 17.3. The third-order valence-corrected chi connectivity index (χ3v) is 5.79. The fourth-order valence-corrected chi connectivity index (χ4v) is 4.14. The Hall–Kier alpha value is -2.12. The lowest BCUT2D eigenvalue weighted by Crippen LogP contribution is -2.56. The minimum atomic E-state index is -0.691. The largest absolute Gasteiger partial charge is 0.395 e. The summed E-state index contributed by atoms with van der Waals surface area (Å²) in [4.78, 5) is 27.7. The molecular weight excluding hydrogens is 439 g/mol. The van der Waals surface area contributed by atoms with Crippen LogP contribution in [0.3, 0.4) is 0 Å². The average molecular weight is 465 g/mol. The van der Waals surface area contributed by atoms with E-state index in [0.717, 1.165) is 11.1 Å². The Bertz CT molecular complexity index is 889. The molecule has 2 aromatic carbocycles. The molecule has 0 aromatic heterocycles. The molecule has 0 radical (unpaired) electrons. The molecule has 1 aliphatic rings.